The Hall–Kier alpha value is -1.33. The largest absolute Gasteiger partial charge is 0.388 e. The Kier molecular flexibility index (Phi) is 4.86. The molecular weight excluding hydrogens is 186 g/mol. The van der Waals surface area contributed by atoms with Gasteiger partial charge in [0.1, 0.15) is 0 Å². The average Bonchev–Trinajstić information content (AvgIpc) is 2.29. The molecule has 0 radical (unpaired) electrons. The van der Waals surface area contributed by atoms with Crippen LogP contribution in [0.2, 0.25) is 0 Å². The number of hydrogen-bond acceptors (Lipinski definition) is 1. The highest BCUT2D eigenvalue weighted by Gasteiger charge is 2.06. The SMILES string of the molecule is [C-]#[N+]c1cccc(C(O)CCCCC)c1. The van der Waals surface area contributed by atoms with E-state index < -0.39 is 6.10 Å². The van der Waals surface area contributed by atoms with E-state index in [1.165, 1.54) is 0 Å². The van der Waals surface area contributed by atoms with E-state index in [4.69, 9.17) is 6.57 Å². The number of benzene rings is 1. The van der Waals surface area contributed by atoms with Crippen LogP contribution < -0.4 is 0 Å². The van der Waals surface area contributed by atoms with Gasteiger partial charge in [-0.1, -0.05) is 50.5 Å². The van der Waals surface area contributed by atoms with Gasteiger partial charge in [-0.05, 0) is 12.0 Å². The molecule has 0 bridgehead atoms. The fraction of sp³-hybridized carbons (Fsp3) is 0.462. The molecule has 0 aliphatic carbocycles. The summed E-state index contributed by atoms with van der Waals surface area (Å²) in [5.41, 5.74) is 1.46. The summed E-state index contributed by atoms with van der Waals surface area (Å²) in [6.45, 7) is 9.04. The molecule has 1 unspecified atom stereocenters. The van der Waals surface area contributed by atoms with Crippen LogP contribution in [0.4, 0.5) is 5.69 Å². The topological polar surface area (TPSA) is 24.6 Å². The maximum Gasteiger partial charge on any atom is 0.187 e. The maximum absolute atomic E-state index is 9.86. The van der Waals surface area contributed by atoms with E-state index in [0.29, 0.717) is 5.69 Å². The smallest absolute Gasteiger partial charge is 0.187 e. The Morgan fingerprint density at radius 1 is 1.40 bits per heavy atom. The van der Waals surface area contributed by atoms with Crippen molar-refractivity contribution >= 4 is 5.69 Å². The van der Waals surface area contributed by atoms with Crippen molar-refractivity contribution < 1.29 is 5.11 Å². The Balaban J connectivity index is 2.57. The van der Waals surface area contributed by atoms with Crippen LogP contribution in [-0.2, 0) is 0 Å². The van der Waals surface area contributed by atoms with Gasteiger partial charge in [0.25, 0.3) is 0 Å². The second-order valence-corrected chi connectivity index (χ2v) is 3.72. The fourth-order valence-electron chi connectivity index (χ4n) is 1.56. The summed E-state index contributed by atoms with van der Waals surface area (Å²) in [5.74, 6) is 0. The highest BCUT2D eigenvalue weighted by atomic mass is 16.3. The molecule has 0 aromatic heterocycles. The van der Waals surface area contributed by atoms with Crippen molar-refractivity contribution in [3.05, 3.63) is 41.2 Å². The minimum atomic E-state index is -0.418. The monoisotopic (exact) mass is 203 g/mol. The van der Waals surface area contributed by atoms with Crippen LogP contribution in [0.1, 0.15) is 44.3 Å². The number of rotatable bonds is 5. The van der Waals surface area contributed by atoms with Crippen LogP contribution in [0.25, 0.3) is 4.85 Å². The van der Waals surface area contributed by atoms with Crippen molar-refractivity contribution in [2.24, 2.45) is 0 Å². The van der Waals surface area contributed by atoms with Gasteiger partial charge >= 0.3 is 0 Å². The molecule has 0 saturated heterocycles. The van der Waals surface area contributed by atoms with Crippen LogP contribution in [0.5, 0.6) is 0 Å². The van der Waals surface area contributed by atoms with Crippen molar-refractivity contribution in [3.63, 3.8) is 0 Å². The van der Waals surface area contributed by atoms with Crippen LogP contribution in [0.15, 0.2) is 24.3 Å². The lowest BCUT2D eigenvalue weighted by Gasteiger charge is -2.10. The standard InChI is InChI=1S/C13H17NO/c1-3-4-5-9-13(15)11-7-6-8-12(10-11)14-2/h6-8,10,13,15H,3-5,9H2,1H3. The Morgan fingerprint density at radius 3 is 2.87 bits per heavy atom. The van der Waals surface area contributed by atoms with Crippen LogP contribution in [0.3, 0.4) is 0 Å². The summed E-state index contributed by atoms with van der Waals surface area (Å²) in [5, 5.41) is 9.86. The fourth-order valence-corrected chi connectivity index (χ4v) is 1.56. The van der Waals surface area contributed by atoms with Gasteiger partial charge in [-0.15, -0.1) is 0 Å². The summed E-state index contributed by atoms with van der Waals surface area (Å²) in [4.78, 5) is 3.35. The van der Waals surface area contributed by atoms with Gasteiger partial charge in [-0.3, -0.25) is 0 Å². The van der Waals surface area contributed by atoms with E-state index in [-0.39, 0.29) is 0 Å². The van der Waals surface area contributed by atoms with Gasteiger partial charge in [0.2, 0.25) is 0 Å². The molecule has 2 heteroatoms. The molecule has 1 N–H and O–H groups in total. The lowest BCUT2D eigenvalue weighted by molar-refractivity contribution is 0.163. The minimum Gasteiger partial charge on any atom is -0.388 e. The molecule has 0 amide bonds. The van der Waals surface area contributed by atoms with E-state index >= 15 is 0 Å². The van der Waals surface area contributed by atoms with E-state index in [0.717, 1.165) is 31.2 Å². The van der Waals surface area contributed by atoms with Crippen molar-refractivity contribution in [2.75, 3.05) is 0 Å². The van der Waals surface area contributed by atoms with Crippen molar-refractivity contribution in [3.8, 4) is 0 Å². The van der Waals surface area contributed by atoms with Gasteiger partial charge in [0, 0.05) is 0 Å². The molecule has 15 heavy (non-hydrogen) atoms. The molecule has 0 aliphatic heterocycles. The number of aliphatic hydroxyl groups excluding tert-OH is 1. The van der Waals surface area contributed by atoms with Gasteiger partial charge in [0.15, 0.2) is 5.69 Å². The number of hydrogen-bond donors (Lipinski definition) is 1. The van der Waals surface area contributed by atoms with Crippen LogP contribution in [-0.4, -0.2) is 5.11 Å². The molecule has 0 aliphatic rings. The molecule has 80 valence electrons. The maximum atomic E-state index is 9.86. The zero-order valence-corrected chi connectivity index (χ0v) is 9.11. The highest BCUT2D eigenvalue weighted by molar-refractivity contribution is 5.46. The van der Waals surface area contributed by atoms with E-state index in [2.05, 4.69) is 11.8 Å². The average molecular weight is 203 g/mol. The Morgan fingerprint density at radius 2 is 2.20 bits per heavy atom. The van der Waals surface area contributed by atoms with Crippen molar-refractivity contribution in [1.82, 2.24) is 0 Å². The first-order chi connectivity index (χ1) is 7.27. The highest BCUT2D eigenvalue weighted by Crippen LogP contribution is 2.23. The lowest BCUT2D eigenvalue weighted by atomic mass is 10.0. The summed E-state index contributed by atoms with van der Waals surface area (Å²) in [7, 11) is 0. The molecule has 0 saturated carbocycles. The van der Waals surface area contributed by atoms with Crippen LogP contribution in [0, 0.1) is 6.57 Å². The summed E-state index contributed by atoms with van der Waals surface area (Å²) in [6.07, 6.45) is 3.72. The first-order valence-electron chi connectivity index (χ1n) is 5.43. The molecule has 1 aromatic carbocycles. The molecule has 0 heterocycles. The first-order valence-corrected chi connectivity index (χ1v) is 5.43. The van der Waals surface area contributed by atoms with E-state index in [9.17, 15) is 5.11 Å². The summed E-state index contributed by atoms with van der Waals surface area (Å²) >= 11 is 0. The second kappa shape index (κ2) is 6.21. The quantitative estimate of drug-likeness (QED) is 0.570. The molecule has 1 atom stereocenters. The third-order valence-electron chi connectivity index (χ3n) is 2.47. The first kappa shape index (κ1) is 11.7. The van der Waals surface area contributed by atoms with Gasteiger partial charge < -0.3 is 5.11 Å². The molecule has 2 nitrogen and oxygen atoms in total. The second-order valence-electron chi connectivity index (χ2n) is 3.72. The zero-order valence-electron chi connectivity index (χ0n) is 9.11. The number of unbranched alkanes of at least 4 members (excludes halogenated alkanes) is 2. The number of aliphatic hydroxyl groups is 1. The third kappa shape index (κ3) is 3.73. The van der Waals surface area contributed by atoms with Crippen molar-refractivity contribution in [2.45, 2.75) is 38.7 Å². The Bertz CT molecular complexity index is 341. The van der Waals surface area contributed by atoms with Gasteiger partial charge in [-0.2, -0.15) is 0 Å². The predicted octanol–water partition coefficient (Wildman–Crippen LogP) is 3.85. The summed E-state index contributed by atoms with van der Waals surface area (Å²) in [6, 6.07) is 7.23. The van der Waals surface area contributed by atoms with Crippen LogP contribution >= 0.6 is 0 Å². The molecular formula is C13H17NO. The Labute approximate surface area is 91.4 Å². The zero-order chi connectivity index (χ0) is 11.1. The van der Waals surface area contributed by atoms with Crippen molar-refractivity contribution in [1.29, 1.82) is 0 Å². The minimum absolute atomic E-state index is 0.418. The van der Waals surface area contributed by atoms with E-state index in [1.807, 2.05) is 12.1 Å². The molecule has 0 fully saturated rings. The molecule has 1 aromatic rings. The molecule has 0 spiro atoms. The lowest BCUT2D eigenvalue weighted by Crippen LogP contribution is -1.96. The number of nitrogens with zero attached hydrogens (tertiary/aromatic N) is 1. The third-order valence-corrected chi connectivity index (χ3v) is 2.47. The van der Waals surface area contributed by atoms with E-state index in [1.54, 1.807) is 12.1 Å². The normalized spacial score (nSPS) is 12.1. The summed E-state index contributed by atoms with van der Waals surface area (Å²) < 4.78 is 0. The molecule has 1 rings (SSSR count). The van der Waals surface area contributed by atoms with Gasteiger partial charge in [-0.25, -0.2) is 4.85 Å². The van der Waals surface area contributed by atoms with Gasteiger partial charge in [0.05, 0.1) is 12.7 Å². The predicted molar refractivity (Wildman–Crippen MR) is 61.8 cm³/mol.